The average molecular weight is 222 g/mol. The van der Waals surface area contributed by atoms with Crippen LogP contribution in [0.1, 0.15) is 24.4 Å². The molecule has 0 unspecified atom stereocenters. The van der Waals surface area contributed by atoms with Gasteiger partial charge in [-0.3, -0.25) is 4.79 Å². The SMILES string of the molecule is Cc1ccc(CNC(=O)[C@H]2CCCNC2)o1. The molecule has 2 N–H and O–H groups in total. The summed E-state index contributed by atoms with van der Waals surface area (Å²) in [7, 11) is 0. The largest absolute Gasteiger partial charge is 0.465 e. The Morgan fingerprint density at radius 1 is 1.62 bits per heavy atom. The molecule has 1 fully saturated rings. The van der Waals surface area contributed by atoms with Crippen molar-refractivity contribution in [3.05, 3.63) is 23.7 Å². The van der Waals surface area contributed by atoms with Crippen LogP contribution in [0, 0.1) is 12.8 Å². The summed E-state index contributed by atoms with van der Waals surface area (Å²) in [5, 5.41) is 6.14. The molecule has 0 radical (unpaired) electrons. The van der Waals surface area contributed by atoms with Gasteiger partial charge in [-0.1, -0.05) is 0 Å². The van der Waals surface area contributed by atoms with Crippen molar-refractivity contribution in [1.29, 1.82) is 0 Å². The van der Waals surface area contributed by atoms with Crippen molar-refractivity contribution in [2.45, 2.75) is 26.3 Å². The summed E-state index contributed by atoms with van der Waals surface area (Å²) in [4.78, 5) is 11.8. The smallest absolute Gasteiger partial charge is 0.224 e. The summed E-state index contributed by atoms with van der Waals surface area (Å²) in [5.41, 5.74) is 0. The second-order valence-corrected chi connectivity index (χ2v) is 4.27. The van der Waals surface area contributed by atoms with Crippen molar-refractivity contribution >= 4 is 5.91 Å². The predicted octanol–water partition coefficient (Wildman–Crippen LogP) is 1.20. The maximum atomic E-state index is 11.8. The fourth-order valence-corrected chi connectivity index (χ4v) is 1.97. The van der Waals surface area contributed by atoms with Crippen molar-refractivity contribution in [2.75, 3.05) is 13.1 Å². The molecule has 88 valence electrons. The first-order valence-electron chi connectivity index (χ1n) is 5.79. The minimum atomic E-state index is 0.116. The van der Waals surface area contributed by atoms with Gasteiger partial charge in [0.25, 0.3) is 0 Å². The Morgan fingerprint density at radius 2 is 2.50 bits per heavy atom. The van der Waals surface area contributed by atoms with Gasteiger partial charge in [0.2, 0.25) is 5.91 Å². The Hall–Kier alpha value is -1.29. The molecule has 0 spiro atoms. The predicted molar refractivity (Wildman–Crippen MR) is 60.9 cm³/mol. The molecule has 4 heteroatoms. The van der Waals surface area contributed by atoms with Gasteiger partial charge in [-0.15, -0.1) is 0 Å². The number of amides is 1. The lowest BCUT2D eigenvalue weighted by molar-refractivity contribution is -0.125. The van der Waals surface area contributed by atoms with Crippen LogP contribution in [0.15, 0.2) is 16.5 Å². The summed E-state index contributed by atoms with van der Waals surface area (Å²) in [6.45, 7) is 4.21. The first-order chi connectivity index (χ1) is 7.75. The van der Waals surface area contributed by atoms with Gasteiger partial charge >= 0.3 is 0 Å². The lowest BCUT2D eigenvalue weighted by atomic mass is 9.99. The van der Waals surface area contributed by atoms with E-state index in [9.17, 15) is 4.79 Å². The molecule has 0 bridgehead atoms. The van der Waals surface area contributed by atoms with Gasteiger partial charge in [-0.2, -0.15) is 0 Å². The minimum Gasteiger partial charge on any atom is -0.465 e. The molecule has 2 rings (SSSR count). The second-order valence-electron chi connectivity index (χ2n) is 4.27. The van der Waals surface area contributed by atoms with Gasteiger partial charge < -0.3 is 15.1 Å². The lowest BCUT2D eigenvalue weighted by Gasteiger charge is -2.21. The Balaban J connectivity index is 1.78. The molecule has 1 aliphatic rings. The zero-order chi connectivity index (χ0) is 11.4. The van der Waals surface area contributed by atoms with Crippen LogP contribution in [0.25, 0.3) is 0 Å². The lowest BCUT2D eigenvalue weighted by Crippen LogP contribution is -2.40. The normalized spacial score (nSPS) is 20.7. The molecule has 1 aromatic heterocycles. The molecule has 0 saturated carbocycles. The highest BCUT2D eigenvalue weighted by Gasteiger charge is 2.20. The Bertz CT molecular complexity index is 354. The van der Waals surface area contributed by atoms with Crippen LogP contribution in [0.4, 0.5) is 0 Å². The quantitative estimate of drug-likeness (QED) is 0.808. The van der Waals surface area contributed by atoms with Gasteiger partial charge in [0.05, 0.1) is 12.5 Å². The van der Waals surface area contributed by atoms with Crippen LogP contribution in [-0.2, 0) is 11.3 Å². The van der Waals surface area contributed by atoms with E-state index in [1.54, 1.807) is 0 Å². The standard InChI is InChI=1S/C12H18N2O2/c1-9-4-5-11(16-9)8-14-12(15)10-3-2-6-13-7-10/h4-5,10,13H,2-3,6-8H2,1H3,(H,14,15)/t10-/m0/s1. The van der Waals surface area contributed by atoms with Crippen LogP contribution < -0.4 is 10.6 Å². The molecule has 1 aliphatic heterocycles. The second kappa shape index (κ2) is 5.16. The van der Waals surface area contributed by atoms with E-state index < -0.39 is 0 Å². The minimum absolute atomic E-state index is 0.116. The molecular formula is C12H18N2O2. The first kappa shape index (κ1) is 11.2. The molecule has 1 amide bonds. The van der Waals surface area contributed by atoms with Crippen molar-refractivity contribution < 1.29 is 9.21 Å². The third-order valence-corrected chi connectivity index (χ3v) is 2.90. The monoisotopic (exact) mass is 222 g/mol. The zero-order valence-electron chi connectivity index (χ0n) is 9.58. The van der Waals surface area contributed by atoms with Crippen molar-refractivity contribution in [1.82, 2.24) is 10.6 Å². The molecular weight excluding hydrogens is 204 g/mol. The number of aryl methyl sites for hydroxylation is 1. The fraction of sp³-hybridized carbons (Fsp3) is 0.583. The molecule has 16 heavy (non-hydrogen) atoms. The maximum absolute atomic E-state index is 11.8. The van der Waals surface area contributed by atoms with Crippen molar-refractivity contribution in [3.8, 4) is 0 Å². The summed E-state index contributed by atoms with van der Waals surface area (Å²) in [5.74, 6) is 1.93. The third-order valence-electron chi connectivity index (χ3n) is 2.90. The summed E-state index contributed by atoms with van der Waals surface area (Å²) < 4.78 is 5.39. The van der Waals surface area contributed by atoms with E-state index >= 15 is 0 Å². The Morgan fingerprint density at radius 3 is 3.12 bits per heavy atom. The van der Waals surface area contributed by atoms with E-state index in [1.165, 1.54) is 0 Å². The number of hydrogen-bond acceptors (Lipinski definition) is 3. The highest BCUT2D eigenvalue weighted by atomic mass is 16.3. The highest BCUT2D eigenvalue weighted by Crippen LogP contribution is 2.11. The van der Waals surface area contributed by atoms with Gasteiger partial charge in [0.15, 0.2) is 0 Å². The number of nitrogens with one attached hydrogen (secondary N) is 2. The van der Waals surface area contributed by atoms with Crippen molar-refractivity contribution in [3.63, 3.8) is 0 Å². The number of rotatable bonds is 3. The molecule has 1 atom stereocenters. The maximum Gasteiger partial charge on any atom is 0.224 e. The average Bonchev–Trinajstić information content (AvgIpc) is 2.73. The molecule has 4 nitrogen and oxygen atoms in total. The van der Waals surface area contributed by atoms with E-state index in [0.717, 1.165) is 37.5 Å². The zero-order valence-corrected chi connectivity index (χ0v) is 9.58. The van der Waals surface area contributed by atoms with Crippen molar-refractivity contribution in [2.24, 2.45) is 5.92 Å². The van der Waals surface area contributed by atoms with Crippen LogP contribution in [0.2, 0.25) is 0 Å². The topological polar surface area (TPSA) is 54.3 Å². The van der Waals surface area contributed by atoms with Crippen LogP contribution >= 0.6 is 0 Å². The molecule has 1 aromatic rings. The fourth-order valence-electron chi connectivity index (χ4n) is 1.97. The van der Waals surface area contributed by atoms with Gasteiger partial charge in [0, 0.05) is 6.54 Å². The first-order valence-corrected chi connectivity index (χ1v) is 5.79. The number of piperidine rings is 1. The molecule has 1 saturated heterocycles. The van der Waals surface area contributed by atoms with E-state index in [2.05, 4.69) is 10.6 Å². The summed E-state index contributed by atoms with van der Waals surface area (Å²) >= 11 is 0. The number of furan rings is 1. The summed E-state index contributed by atoms with van der Waals surface area (Å²) in [6.07, 6.45) is 2.06. The number of hydrogen-bond donors (Lipinski definition) is 2. The molecule has 0 aliphatic carbocycles. The van der Waals surface area contributed by atoms with E-state index in [0.29, 0.717) is 6.54 Å². The Labute approximate surface area is 95.4 Å². The van der Waals surface area contributed by atoms with Gasteiger partial charge in [-0.25, -0.2) is 0 Å². The van der Waals surface area contributed by atoms with E-state index in [1.807, 2.05) is 19.1 Å². The van der Waals surface area contributed by atoms with Crippen LogP contribution in [-0.4, -0.2) is 19.0 Å². The van der Waals surface area contributed by atoms with Crippen LogP contribution in [0.5, 0.6) is 0 Å². The number of carbonyl (C=O) groups excluding carboxylic acids is 1. The van der Waals surface area contributed by atoms with Gasteiger partial charge in [-0.05, 0) is 38.4 Å². The highest BCUT2D eigenvalue weighted by molar-refractivity contribution is 5.78. The molecule has 2 heterocycles. The van der Waals surface area contributed by atoms with E-state index in [4.69, 9.17) is 4.42 Å². The summed E-state index contributed by atoms with van der Waals surface area (Å²) in [6, 6.07) is 3.80. The van der Waals surface area contributed by atoms with Crippen LogP contribution in [0.3, 0.4) is 0 Å². The Kier molecular flexibility index (Phi) is 3.62. The van der Waals surface area contributed by atoms with E-state index in [-0.39, 0.29) is 11.8 Å². The third kappa shape index (κ3) is 2.85. The molecule has 0 aromatic carbocycles. The van der Waals surface area contributed by atoms with Gasteiger partial charge in [0.1, 0.15) is 11.5 Å². The number of carbonyl (C=O) groups is 1.